The molecule has 0 atom stereocenters. The summed E-state index contributed by atoms with van der Waals surface area (Å²) < 4.78 is 0. The van der Waals surface area contributed by atoms with Crippen molar-refractivity contribution >= 4 is 28.8 Å². The number of carbonyl (C=O) groups excluding carboxylic acids is 1. The van der Waals surface area contributed by atoms with Gasteiger partial charge in [0.25, 0.3) is 11.5 Å². The van der Waals surface area contributed by atoms with Crippen molar-refractivity contribution in [2.75, 3.05) is 5.32 Å². The molecule has 37 heavy (non-hydrogen) atoms. The van der Waals surface area contributed by atoms with E-state index in [9.17, 15) is 14.4 Å². The molecular formula is C28H30N6O3. The topological polar surface area (TPSA) is 146 Å². The monoisotopic (exact) mass is 498 g/mol. The smallest absolute Gasteiger partial charge is 0.323 e. The average Bonchev–Trinajstić information content (AvgIpc) is 3.50. The Balaban J connectivity index is 1.55. The van der Waals surface area contributed by atoms with E-state index in [1.165, 1.54) is 6.21 Å². The number of fused-ring (bicyclic) bond motifs is 1. The van der Waals surface area contributed by atoms with Crippen molar-refractivity contribution in [3.8, 4) is 11.1 Å². The van der Waals surface area contributed by atoms with E-state index >= 15 is 0 Å². The van der Waals surface area contributed by atoms with Gasteiger partial charge in [-0.3, -0.25) is 9.59 Å². The first-order valence-corrected chi connectivity index (χ1v) is 12.5. The van der Waals surface area contributed by atoms with Crippen molar-refractivity contribution in [3.63, 3.8) is 0 Å². The molecule has 0 radical (unpaired) electrons. The van der Waals surface area contributed by atoms with E-state index in [0.29, 0.717) is 27.7 Å². The molecule has 0 aliphatic heterocycles. The number of aromatic nitrogens is 3. The first kappa shape index (κ1) is 24.3. The Kier molecular flexibility index (Phi) is 6.52. The van der Waals surface area contributed by atoms with E-state index in [0.717, 1.165) is 53.8 Å². The van der Waals surface area contributed by atoms with Crippen molar-refractivity contribution in [3.05, 3.63) is 85.2 Å². The summed E-state index contributed by atoms with van der Waals surface area (Å²) in [5.74, 6) is -0.370. The number of H-pyrrole nitrogens is 3. The maximum atomic E-state index is 13.5. The molecule has 9 heteroatoms. The number of aryl methyl sites for hydroxylation is 2. The van der Waals surface area contributed by atoms with E-state index in [4.69, 9.17) is 5.41 Å². The highest BCUT2D eigenvalue weighted by molar-refractivity contribution is 6.06. The van der Waals surface area contributed by atoms with Crippen LogP contribution in [-0.4, -0.2) is 33.1 Å². The first-order chi connectivity index (χ1) is 17.8. The normalized spacial score (nSPS) is 13.7. The molecule has 2 aromatic carbocycles. The van der Waals surface area contributed by atoms with E-state index in [1.54, 1.807) is 6.07 Å². The van der Waals surface area contributed by atoms with E-state index in [2.05, 4.69) is 25.6 Å². The lowest BCUT2D eigenvalue weighted by atomic mass is 9.96. The maximum absolute atomic E-state index is 13.5. The zero-order valence-corrected chi connectivity index (χ0v) is 20.9. The number of rotatable bonds is 7. The quantitative estimate of drug-likeness (QED) is 0.213. The summed E-state index contributed by atoms with van der Waals surface area (Å²) in [5, 5.41) is 14.6. The molecule has 2 heterocycles. The number of carbonyl (C=O) groups is 1. The fraction of sp³-hybridized carbons (Fsp3) is 0.286. The third-order valence-corrected chi connectivity index (χ3v) is 7.05. The highest BCUT2D eigenvalue weighted by atomic mass is 16.2. The number of pyridine rings is 1. The molecule has 6 N–H and O–H groups in total. The Hall–Kier alpha value is -4.40. The summed E-state index contributed by atoms with van der Waals surface area (Å²) in [6.45, 7) is 3.74. The molecule has 0 unspecified atom stereocenters. The Morgan fingerprint density at radius 3 is 2.49 bits per heavy atom. The zero-order valence-electron chi connectivity index (χ0n) is 20.9. The molecule has 190 valence electrons. The van der Waals surface area contributed by atoms with Crippen molar-refractivity contribution in [1.29, 1.82) is 5.41 Å². The van der Waals surface area contributed by atoms with E-state index in [-0.39, 0.29) is 29.7 Å². The van der Waals surface area contributed by atoms with Crippen LogP contribution in [0.25, 0.3) is 22.2 Å². The standard InChI is InChI=1S/C28H30N6O3/c1-15-9-16(2)31-27(36)22(15)14-30-26(35)20-10-18(17-7-8-23-25(11-17)34-28(37)33-23)12-24(21(20)13-29)32-19-5-3-4-6-19/h7-13,19,29,32H,3-6,14H2,1-2H3,(H,30,35)(H,31,36)(H2,33,34,37). The van der Waals surface area contributed by atoms with Gasteiger partial charge in [-0.25, -0.2) is 4.79 Å². The molecule has 5 rings (SSSR count). The number of hydrogen-bond acceptors (Lipinski definition) is 5. The predicted octanol–water partition coefficient (Wildman–Crippen LogP) is 4.11. The van der Waals surface area contributed by atoms with Crippen LogP contribution < -0.4 is 21.9 Å². The summed E-state index contributed by atoms with van der Waals surface area (Å²) in [5.41, 5.74) is 6.10. The van der Waals surface area contributed by atoms with Crippen LogP contribution in [0.3, 0.4) is 0 Å². The molecule has 0 spiro atoms. The second-order valence-corrected chi connectivity index (χ2v) is 9.72. The van der Waals surface area contributed by atoms with Crippen LogP contribution in [0.15, 0.2) is 46.0 Å². The van der Waals surface area contributed by atoms with Gasteiger partial charge in [-0.1, -0.05) is 18.9 Å². The number of imidazole rings is 1. The van der Waals surface area contributed by atoms with Gasteiger partial charge in [0.1, 0.15) is 0 Å². The third kappa shape index (κ3) is 4.97. The van der Waals surface area contributed by atoms with Gasteiger partial charge in [-0.05, 0) is 73.7 Å². The van der Waals surface area contributed by atoms with Crippen molar-refractivity contribution in [1.82, 2.24) is 20.3 Å². The van der Waals surface area contributed by atoms with Crippen LogP contribution in [0.4, 0.5) is 5.69 Å². The maximum Gasteiger partial charge on any atom is 0.323 e. The fourth-order valence-electron chi connectivity index (χ4n) is 5.15. The van der Waals surface area contributed by atoms with Crippen molar-refractivity contribution in [2.24, 2.45) is 0 Å². The molecule has 1 amide bonds. The van der Waals surface area contributed by atoms with Gasteiger partial charge in [-0.15, -0.1) is 0 Å². The largest absolute Gasteiger partial charge is 0.382 e. The van der Waals surface area contributed by atoms with Crippen LogP contribution in [-0.2, 0) is 6.54 Å². The second kappa shape index (κ2) is 9.93. The lowest BCUT2D eigenvalue weighted by molar-refractivity contribution is 0.0950. The van der Waals surface area contributed by atoms with Crippen LogP contribution in [0.1, 0.15) is 58.4 Å². The summed E-state index contributed by atoms with van der Waals surface area (Å²) in [6, 6.07) is 11.4. The van der Waals surface area contributed by atoms with Gasteiger partial charge in [0.05, 0.1) is 16.6 Å². The molecule has 9 nitrogen and oxygen atoms in total. The van der Waals surface area contributed by atoms with Crippen LogP contribution in [0.5, 0.6) is 0 Å². The Morgan fingerprint density at radius 1 is 1.00 bits per heavy atom. The van der Waals surface area contributed by atoms with Crippen molar-refractivity contribution < 1.29 is 4.79 Å². The molecule has 0 saturated heterocycles. The minimum Gasteiger partial charge on any atom is -0.382 e. The summed E-state index contributed by atoms with van der Waals surface area (Å²) in [6.07, 6.45) is 5.57. The number of benzene rings is 2. The van der Waals surface area contributed by atoms with Crippen LogP contribution >= 0.6 is 0 Å². The summed E-state index contributed by atoms with van der Waals surface area (Å²) >= 11 is 0. The molecule has 4 aromatic rings. The predicted molar refractivity (Wildman–Crippen MR) is 146 cm³/mol. The first-order valence-electron chi connectivity index (χ1n) is 12.5. The lowest BCUT2D eigenvalue weighted by Crippen LogP contribution is -2.29. The number of hydrogen-bond donors (Lipinski definition) is 6. The van der Waals surface area contributed by atoms with Crippen molar-refractivity contribution in [2.45, 2.75) is 52.1 Å². The fourth-order valence-corrected chi connectivity index (χ4v) is 5.15. The Morgan fingerprint density at radius 2 is 1.76 bits per heavy atom. The second-order valence-electron chi connectivity index (χ2n) is 9.72. The van der Waals surface area contributed by atoms with Gasteiger partial charge in [-0.2, -0.15) is 0 Å². The summed E-state index contributed by atoms with van der Waals surface area (Å²) in [7, 11) is 0. The molecule has 0 bridgehead atoms. The molecule has 1 fully saturated rings. The number of aromatic amines is 3. The van der Waals surface area contributed by atoms with Gasteiger partial charge in [0.15, 0.2) is 0 Å². The molecule has 1 saturated carbocycles. The lowest BCUT2D eigenvalue weighted by Gasteiger charge is -2.20. The van der Waals surface area contributed by atoms with Crippen LogP contribution in [0, 0.1) is 19.3 Å². The Labute approximate surface area is 213 Å². The third-order valence-electron chi connectivity index (χ3n) is 7.05. The highest BCUT2D eigenvalue weighted by Crippen LogP contribution is 2.32. The molecule has 1 aliphatic rings. The van der Waals surface area contributed by atoms with E-state index < -0.39 is 0 Å². The Bertz CT molecular complexity index is 1620. The molecule has 2 aromatic heterocycles. The molecular weight excluding hydrogens is 468 g/mol. The average molecular weight is 499 g/mol. The number of nitrogens with one attached hydrogen (secondary N) is 6. The number of anilines is 1. The minimum absolute atomic E-state index is 0.0733. The highest BCUT2D eigenvalue weighted by Gasteiger charge is 2.21. The summed E-state index contributed by atoms with van der Waals surface area (Å²) in [4.78, 5) is 46.0. The van der Waals surface area contributed by atoms with Gasteiger partial charge in [0.2, 0.25) is 0 Å². The zero-order chi connectivity index (χ0) is 26.1. The number of amides is 1. The molecule has 1 aliphatic carbocycles. The SMILES string of the molecule is Cc1cc(C)c(CNC(=O)c2cc(-c3ccc4[nH]c(=O)[nH]c4c3)cc(NC3CCCC3)c2C=N)c(=O)[nH]1. The van der Waals surface area contributed by atoms with Crippen LogP contribution in [0.2, 0.25) is 0 Å². The van der Waals surface area contributed by atoms with Gasteiger partial charge >= 0.3 is 5.69 Å². The van der Waals surface area contributed by atoms with Gasteiger partial charge < -0.3 is 31.0 Å². The van der Waals surface area contributed by atoms with Gasteiger partial charge in [0, 0.05) is 41.3 Å². The van der Waals surface area contributed by atoms with E-state index in [1.807, 2.05) is 44.2 Å². The minimum atomic E-state index is -0.370.